The van der Waals surface area contributed by atoms with Crippen LogP contribution in [0.5, 0.6) is 23.0 Å². The molecule has 0 amide bonds. The maximum atomic E-state index is 11.7. The molecule has 0 aliphatic carbocycles. The van der Waals surface area contributed by atoms with Gasteiger partial charge in [0.05, 0.1) is 5.56 Å². The summed E-state index contributed by atoms with van der Waals surface area (Å²) >= 11 is 0. The van der Waals surface area contributed by atoms with Crippen molar-refractivity contribution in [3.05, 3.63) is 120 Å². The summed E-state index contributed by atoms with van der Waals surface area (Å²) in [6, 6.07) is 29.2. The molecule has 0 atom stereocenters. The number of hydrogen-bond acceptors (Lipinski definition) is 6. The van der Waals surface area contributed by atoms with E-state index in [4.69, 9.17) is 20.1 Å². The van der Waals surface area contributed by atoms with Crippen molar-refractivity contribution in [3.63, 3.8) is 0 Å². The standard InChI is InChI=1S/C13H10O3.C7H6O2.C6H6O2/c14-12-9-5-4-8-11(12)13(15)16-10-6-2-1-3-7-10;8-7(9)6-4-2-1-3-5-6;7-5-2-1-3-6(8)4-5/h1-9,14H;1-5H,(H,8,9);1-4,7-8H. The lowest BCUT2D eigenvalue weighted by Gasteiger charge is -2.04. The van der Waals surface area contributed by atoms with Gasteiger partial charge in [0.25, 0.3) is 0 Å². The first-order valence-electron chi connectivity index (χ1n) is 9.68. The normalized spacial score (nSPS) is 9.33. The van der Waals surface area contributed by atoms with E-state index in [-0.39, 0.29) is 22.8 Å². The molecule has 0 radical (unpaired) electrons. The fraction of sp³-hybridized carbons (Fsp3) is 0. The smallest absolute Gasteiger partial charge is 0.347 e. The van der Waals surface area contributed by atoms with Gasteiger partial charge < -0.3 is 25.2 Å². The molecule has 0 aromatic heterocycles. The molecule has 4 rings (SSSR count). The zero-order valence-electron chi connectivity index (χ0n) is 17.4. The second-order valence-corrected chi connectivity index (χ2v) is 6.41. The first-order valence-corrected chi connectivity index (χ1v) is 9.68. The number of rotatable bonds is 3. The maximum Gasteiger partial charge on any atom is 0.347 e. The molecule has 0 saturated heterocycles. The second kappa shape index (κ2) is 12.8. The molecule has 4 aromatic carbocycles. The van der Waals surface area contributed by atoms with Crippen molar-refractivity contribution in [1.29, 1.82) is 0 Å². The number of benzene rings is 4. The van der Waals surface area contributed by atoms with E-state index >= 15 is 0 Å². The van der Waals surface area contributed by atoms with Gasteiger partial charge in [0, 0.05) is 6.07 Å². The molecule has 0 bridgehead atoms. The van der Waals surface area contributed by atoms with Gasteiger partial charge in [-0.05, 0) is 48.5 Å². The minimum atomic E-state index is -0.879. The summed E-state index contributed by atoms with van der Waals surface area (Å²) in [7, 11) is 0. The Kier molecular flexibility index (Phi) is 9.51. The van der Waals surface area contributed by atoms with Crippen LogP contribution in [0.2, 0.25) is 0 Å². The molecular weight excluding hydrogens is 424 g/mol. The van der Waals surface area contributed by atoms with E-state index in [1.807, 2.05) is 6.07 Å². The SMILES string of the molecule is O=C(O)c1ccccc1.O=C(Oc1ccccc1)c1ccccc1O.Oc1cccc(O)c1. The molecule has 0 fully saturated rings. The molecule has 4 N–H and O–H groups in total. The Hall–Kier alpha value is -4.78. The second-order valence-electron chi connectivity index (χ2n) is 6.41. The fourth-order valence-electron chi connectivity index (χ4n) is 2.37. The molecule has 0 spiro atoms. The van der Waals surface area contributed by atoms with Crippen LogP contribution in [0.1, 0.15) is 20.7 Å². The highest BCUT2D eigenvalue weighted by Crippen LogP contribution is 2.18. The topological polar surface area (TPSA) is 124 Å². The first-order chi connectivity index (χ1) is 15.9. The van der Waals surface area contributed by atoms with Gasteiger partial charge in [0.2, 0.25) is 0 Å². The van der Waals surface area contributed by atoms with Crippen molar-refractivity contribution in [2.45, 2.75) is 0 Å². The van der Waals surface area contributed by atoms with Crippen LogP contribution in [0.3, 0.4) is 0 Å². The molecule has 4 aromatic rings. The lowest BCUT2D eigenvalue weighted by Crippen LogP contribution is -2.08. The van der Waals surface area contributed by atoms with Crippen molar-refractivity contribution in [2.75, 3.05) is 0 Å². The minimum Gasteiger partial charge on any atom is -0.508 e. The Morgan fingerprint density at radius 1 is 0.606 bits per heavy atom. The number of carbonyl (C=O) groups is 2. The van der Waals surface area contributed by atoms with Crippen molar-refractivity contribution in [3.8, 4) is 23.0 Å². The van der Waals surface area contributed by atoms with Crippen molar-refractivity contribution < 1.29 is 34.8 Å². The predicted molar refractivity (Wildman–Crippen MR) is 123 cm³/mol. The highest BCUT2D eigenvalue weighted by molar-refractivity contribution is 5.93. The lowest BCUT2D eigenvalue weighted by molar-refractivity contribution is 0.0694. The number of esters is 1. The van der Waals surface area contributed by atoms with E-state index in [0.29, 0.717) is 11.3 Å². The van der Waals surface area contributed by atoms with Crippen LogP contribution in [-0.2, 0) is 0 Å². The van der Waals surface area contributed by atoms with Crippen LogP contribution in [0.25, 0.3) is 0 Å². The Bertz CT molecular complexity index is 1140. The molecule has 0 saturated carbocycles. The van der Waals surface area contributed by atoms with Crippen LogP contribution < -0.4 is 4.74 Å². The average Bonchev–Trinajstić information content (AvgIpc) is 2.81. The highest BCUT2D eigenvalue weighted by Gasteiger charge is 2.12. The van der Waals surface area contributed by atoms with E-state index in [9.17, 15) is 14.7 Å². The third-order valence-electron chi connectivity index (χ3n) is 3.93. The third-order valence-corrected chi connectivity index (χ3v) is 3.93. The number of carboxylic acid groups (broad SMARTS) is 1. The number of carbonyl (C=O) groups excluding carboxylic acids is 1. The van der Waals surface area contributed by atoms with Gasteiger partial charge in [-0.2, -0.15) is 0 Å². The van der Waals surface area contributed by atoms with E-state index in [2.05, 4.69) is 0 Å². The van der Waals surface area contributed by atoms with Gasteiger partial charge >= 0.3 is 11.9 Å². The summed E-state index contributed by atoms with van der Waals surface area (Å²) in [6.45, 7) is 0. The number of aromatic hydroxyl groups is 3. The summed E-state index contributed by atoms with van der Waals surface area (Å²) in [5, 5.41) is 35.1. The molecule has 7 heteroatoms. The largest absolute Gasteiger partial charge is 0.508 e. The van der Waals surface area contributed by atoms with Crippen LogP contribution in [0.4, 0.5) is 0 Å². The van der Waals surface area contributed by atoms with Gasteiger partial charge in [-0.3, -0.25) is 0 Å². The van der Waals surface area contributed by atoms with Crippen LogP contribution in [0, 0.1) is 0 Å². The minimum absolute atomic E-state index is 0.0802. The number of carboxylic acids is 1. The van der Waals surface area contributed by atoms with Gasteiger partial charge in [-0.1, -0.05) is 54.6 Å². The number of aromatic carboxylic acids is 1. The van der Waals surface area contributed by atoms with Crippen LogP contribution >= 0.6 is 0 Å². The zero-order valence-corrected chi connectivity index (χ0v) is 17.4. The number of hydrogen-bond donors (Lipinski definition) is 4. The predicted octanol–water partition coefficient (Wildman–Crippen LogP) is 5.09. The summed E-state index contributed by atoms with van der Waals surface area (Å²) in [4.78, 5) is 21.9. The van der Waals surface area contributed by atoms with Crippen LogP contribution in [-0.4, -0.2) is 32.4 Å². The maximum absolute atomic E-state index is 11.7. The molecular formula is C26H22O7. The Balaban J connectivity index is 0.000000192. The molecule has 0 aliphatic rings. The van der Waals surface area contributed by atoms with E-state index in [1.165, 1.54) is 30.3 Å². The molecule has 33 heavy (non-hydrogen) atoms. The first kappa shape index (κ1) is 24.5. The Morgan fingerprint density at radius 2 is 1.12 bits per heavy atom. The van der Waals surface area contributed by atoms with Gasteiger partial charge in [-0.15, -0.1) is 0 Å². The number of ether oxygens (including phenoxy) is 1. The van der Waals surface area contributed by atoms with Crippen molar-refractivity contribution in [2.24, 2.45) is 0 Å². The molecule has 0 unspecified atom stereocenters. The zero-order chi connectivity index (χ0) is 24.1. The van der Waals surface area contributed by atoms with E-state index in [0.717, 1.165) is 0 Å². The van der Waals surface area contributed by atoms with Crippen molar-refractivity contribution in [1.82, 2.24) is 0 Å². The number of para-hydroxylation sites is 2. The van der Waals surface area contributed by atoms with Crippen LogP contribution in [0.15, 0.2) is 109 Å². The monoisotopic (exact) mass is 446 g/mol. The van der Waals surface area contributed by atoms with Gasteiger partial charge in [-0.25, -0.2) is 9.59 Å². The number of phenolic OH excluding ortho intramolecular Hbond substituents is 3. The molecule has 0 aliphatic heterocycles. The van der Waals surface area contributed by atoms with Crippen molar-refractivity contribution >= 4 is 11.9 Å². The molecule has 7 nitrogen and oxygen atoms in total. The lowest BCUT2D eigenvalue weighted by atomic mass is 10.2. The fourth-order valence-corrected chi connectivity index (χ4v) is 2.37. The van der Waals surface area contributed by atoms with E-state index in [1.54, 1.807) is 72.8 Å². The average molecular weight is 446 g/mol. The molecule has 0 heterocycles. The molecule has 168 valence electrons. The van der Waals surface area contributed by atoms with Gasteiger partial charge in [0.15, 0.2) is 0 Å². The quantitative estimate of drug-likeness (QED) is 0.255. The Labute approximate surface area is 190 Å². The number of phenols is 3. The summed E-state index contributed by atoms with van der Waals surface area (Å²) < 4.78 is 5.08. The summed E-state index contributed by atoms with van der Waals surface area (Å²) in [5.74, 6) is -0.894. The van der Waals surface area contributed by atoms with Gasteiger partial charge in [0.1, 0.15) is 28.6 Å². The summed E-state index contributed by atoms with van der Waals surface area (Å²) in [6.07, 6.45) is 0. The Morgan fingerprint density at radius 3 is 1.58 bits per heavy atom. The highest BCUT2D eigenvalue weighted by atomic mass is 16.5. The van der Waals surface area contributed by atoms with E-state index < -0.39 is 11.9 Å². The third kappa shape index (κ3) is 8.85. The summed E-state index contributed by atoms with van der Waals surface area (Å²) in [5.41, 5.74) is 0.490.